The number of hydrogen-bond acceptors (Lipinski definition) is 5. The molecule has 4 aromatic carbocycles. The number of hydrogen-bond donors (Lipinski definition) is 1. The summed E-state index contributed by atoms with van der Waals surface area (Å²) in [5.41, 5.74) is 5.18. The number of benzene rings is 4. The number of halogens is 1. The predicted octanol–water partition coefficient (Wildman–Crippen LogP) is 6.52. The predicted molar refractivity (Wildman–Crippen MR) is 175 cm³/mol. The molecule has 5 aromatic rings. The van der Waals surface area contributed by atoms with Crippen LogP contribution in [0.5, 0.6) is 5.75 Å². The van der Waals surface area contributed by atoms with Gasteiger partial charge in [-0.25, -0.2) is 4.99 Å². The average molecular weight is 651 g/mol. The number of aromatic nitrogens is 1. The molecule has 1 N–H and O–H groups in total. The van der Waals surface area contributed by atoms with Gasteiger partial charge in [0.25, 0.3) is 11.5 Å². The topological polar surface area (TPSA) is 72.7 Å². The minimum Gasteiger partial charge on any atom is -0.488 e. The third-order valence-electron chi connectivity index (χ3n) is 7.19. The molecule has 0 saturated carbocycles. The van der Waals surface area contributed by atoms with Crippen molar-refractivity contribution in [3.63, 3.8) is 0 Å². The van der Waals surface area contributed by atoms with Gasteiger partial charge in [-0.05, 0) is 61.4 Å². The van der Waals surface area contributed by atoms with Crippen LogP contribution < -0.4 is 24.9 Å². The van der Waals surface area contributed by atoms with Crippen LogP contribution in [0.1, 0.15) is 35.2 Å². The zero-order valence-electron chi connectivity index (χ0n) is 23.6. The van der Waals surface area contributed by atoms with Crippen LogP contribution in [0.25, 0.3) is 6.08 Å². The zero-order valence-corrected chi connectivity index (χ0v) is 26.0. The lowest BCUT2D eigenvalue weighted by Gasteiger charge is -2.25. The summed E-state index contributed by atoms with van der Waals surface area (Å²) in [6.45, 7) is 4.23. The number of carbonyl (C=O) groups excluding carboxylic acids is 1. The molecule has 0 saturated heterocycles. The number of thiazole rings is 1. The summed E-state index contributed by atoms with van der Waals surface area (Å²) in [7, 11) is 0. The quantitative estimate of drug-likeness (QED) is 0.218. The standard InChI is InChI=1S/C35H28BrN3O3S/c1-22-13-15-25(16-14-22)32-31(33(40)38-28-11-7-4-8-12-28)23(2)37-35-39(32)34(41)30(43-35)20-26-19-27(36)17-18-29(26)42-21-24-9-5-3-6-10-24/h3-20,32H,21H2,1-2H3,(H,38,40)/b30-20-/t32-/m0/s1. The minimum atomic E-state index is -0.640. The van der Waals surface area contributed by atoms with E-state index in [9.17, 15) is 9.59 Å². The molecule has 1 aromatic heterocycles. The summed E-state index contributed by atoms with van der Waals surface area (Å²) in [5, 5.41) is 2.99. The number of ether oxygens (including phenoxy) is 1. The molecular formula is C35H28BrN3O3S. The van der Waals surface area contributed by atoms with Gasteiger partial charge in [-0.2, -0.15) is 0 Å². The van der Waals surface area contributed by atoms with Gasteiger partial charge in [-0.3, -0.25) is 14.2 Å². The first kappa shape index (κ1) is 28.6. The van der Waals surface area contributed by atoms with Gasteiger partial charge in [0, 0.05) is 15.7 Å². The van der Waals surface area contributed by atoms with E-state index < -0.39 is 6.04 Å². The number of para-hydroxylation sites is 1. The Morgan fingerprint density at radius 3 is 2.40 bits per heavy atom. The molecule has 1 aliphatic rings. The van der Waals surface area contributed by atoms with Crippen molar-refractivity contribution in [3.05, 3.63) is 161 Å². The zero-order chi connectivity index (χ0) is 29.9. The Morgan fingerprint density at radius 2 is 1.67 bits per heavy atom. The van der Waals surface area contributed by atoms with Crippen molar-refractivity contribution in [2.45, 2.75) is 26.5 Å². The molecule has 0 bridgehead atoms. The fourth-order valence-electron chi connectivity index (χ4n) is 5.04. The first-order valence-electron chi connectivity index (χ1n) is 13.8. The monoisotopic (exact) mass is 649 g/mol. The van der Waals surface area contributed by atoms with Crippen LogP contribution >= 0.6 is 27.3 Å². The Bertz CT molecular complexity index is 2020. The van der Waals surface area contributed by atoms with Gasteiger partial charge >= 0.3 is 0 Å². The van der Waals surface area contributed by atoms with Gasteiger partial charge in [0.15, 0.2) is 4.80 Å². The van der Waals surface area contributed by atoms with E-state index in [0.717, 1.165) is 26.7 Å². The first-order chi connectivity index (χ1) is 20.9. The first-order valence-corrected chi connectivity index (χ1v) is 15.4. The number of nitrogens with one attached hydrogen (secondary N) is 1. The van der Waals surface area contributed by atoms with Crippen LogP contribution in [0.3, 0.4) is 0 Å². The normalized spacial score (nSPS) is 14.7. The van der Waals surface area contributed by atoms with Crippen LogP contribution in [-0.4, -0.2) is 10.5 Å². The maximum absolute atomic E-state index is 14.2. The van der Waals surface area contributed by atoms with Crippen molar-refractivity contribution in [3.8, 4) is 5.75 Å². The van der Waals surface area contributed by atoms with Crippen molar-refractivity contribution < 1.29 is 9.53 Å². The number of rotatable bonds is 7. The number of carbonyl (C=O) groups is 1. The molecule has 2 heterocycles. The molecule has 1 amide bonds. The molecule has 8 heteroatoms. The Hall–Kier alpha value is -4.53. The van der Waals surface area contributed by atoms with E-state index in [4.69, 9.17) is 9.73 Å². The largest absolute Gasteiger partial charge is 0.488 e. The molecule has 6 nitrogen and oxygen atoms in total. The Morgan fingerprint density at radius 1 is 0.977 bits per heavy atom. The summed E-state index contributed by atoms with van der Waals surface area (Å²) in [4.78, 5) is 33.2. The Kier molecular flexibility index (Phi) is 8.22. The molecule has 214 valence electrons. The van der Waals surface area contributed by atoms with Gasteiger partial charge in [-0.1, -0.05) is 106 Å². The minimum absolute atomic E-state index is 0.221. The lowest BCUT2D eigenvalue weighted by atomic mass is 9.94. The molecule has 6 rings (SSSR count). The highest BCUT2D eigenvalue weighted by atomic mass is 79.9. The van der Waals surface area contributed by atoms with Gasteiger partial charge in [0.1, 0.15) is 12.4 Å². The van der Waals surface area contributed by atoms with Gasteiger partial charge in [-0.15, -0.1) is 0 Å². The number of allylic oxidation sites excluding steroid dienone is 1. The molecule has 0 spiro atoms. The van der Waals surface area contributed by atoms with Gasteiger partial charge < -0.3 is 10.1 Å². The number of aryl methyl sites for hydroxylation is 1. The van der Waals surface area contributed by atoms with Crippen LogP contribution in [0.4, 0.5) is 5.69 Å². The lowest BCUT2D eigenvalue weighted by Crippen LogP contribution is -2.40. The number of anilines is 1. The highest BCUT2D eigenvalue weighted by Gasteiger charge is 2.32. The van der Waals surface area contributed by atoms with Crippen LogP contribution in [0, 0.1) is 6.92 Å². The lowest BCUT2D eigenvalue weighted by molar-refractivity contribution is -0.113. The van der Waals surface area contributed by atoms with E-state index >= 15 is 0 Å². The van der Waals surface area contributed by atoms with Crippen LogP contribution in [-0.2, 0) is 11.4 Å². The SMILES string of the molecule is CC1=C(C(=O)Nc2ccccc2)[C@H](c2ccc(C)cc2)n2c(s/c(=C\c3cc(Br)ccc3OCc3ccccc3)c2=O)=N1. The summed E-state index contributed by atoms with van der Waals surface area (Å²) in [6.07, 6.45) is 1.84. The van der Waals surface area contributed by atoms with E-state index in [0.29, 0.717) is 38.6 Å². The second kappa shape index (κ2) is 12.4. The van der Waals surface area contributed by atoms with Crippen molar-refractivity contribution >= 4 is 44.9 Å². The third kappa shape index (κ3) is 6.16. The van der Waals surface area contributed by atoms with E-state index in [2.05, 4.69) is 21.2 Å². The fourth-order valence-corrected chi connectivity index (χ4v) is 6.45. The fraction of sp³-hybridized carbons (Fsp3) is 0.114. The molecular weight excluding hydrogens is 622 g/mol. The molecule has 43 heavy (non-hydrogen) atoms. The molecule has 0 radical (unpaired) electrons. The van der Waals surface area contributed by atoms with E-state index in [-0.39, 0.29) is 11.5 Å². The summed E-state index contributed by atoms with van der Waals surface area (Å²) in [6, 6.07) is 32.2. The van der Waals surface area contributed by atoms with E-state index in [1.165, 1.54) is 11.3 Å². The van der Waals surface area contributed by atoms with Crippen molar-refractivity contribution in [1.29, 1.82) is 0 Å². The maximum Gasteiger partial charge on any atom is 0.271 e. The summed E-state index contributed by atoms with van der Waals surface area (Å²) >= 11 is 4.86. The van der Waals surface area contributed by atoms with Gasteiger partial charge in [0.05, 0.1) is 21.8 Å². The van der Waals surface area contributed by atoms with Crippen molar-refractivity contribution in [2.24, 2.45) is 4.99 Å². The van der Waals surface area contributed by atoms with Crippen LogP contribution in [0.15, 0.2) is 129 Å². The second-order valence-corrected chi connectivity index (χ2v) is 12.2. The Labute approximate surface area is 261 Å². The highest BCUT2D eigenvalue weighted by molar-refractivity contribution is 9.10. The molecule has 0 fully saturated rings. The van der Waals surface area contributed by atoms with Crippen molar-refractivity contribution in [2.75, 3.05) is 5.32 Å². The Balaban J connectivity index is 1.45. The summed E-state index contributed by atoms with van der Waals surface area (Å²) < 4.78 is 9.17. The highest BCUT2D eigenvalue weighted by Crippen LogP contribution is 2.31. The number of fused-ring (bicyclic) bond motifs is 1. The average Bonchev–Trinajstić information content (AvgIpc) is 3.31. The maximum atomic E-state index is 14.2. The van der Waals surface area contributed by atoms with E-state index in [1.807, 2.05) is 123 Å². The molecule has 0 aliphatic carbocycles. The van der Waals surface area contributed by atoms with Gasteiger partial charge in [0.2, 0.25) is 0 Å². The number of nitrogens with zero attached hydrogens (tertiary/aromatic N) is 2. The number of amides is 1. The molecule has 1 aliphatic heterocycles. The second-order valence-electron chi connectivity index (χ2n) is 10.3. The molecule has 1 atom stereocenters. The third-order valence-corrected chi connectivity index (χ3v) is 8.66. The van der Waals surface area contributed by atoms with E-state index in [1.54, 1.807) is 4.57 Å². The van der Waals surface area contributed by atoms with Crippen LogP contribution in [0.2, 0.25) is 0 Å². The van der Waals surface area contributed by atoms with Crippen molar-refractivity contribution in [1.82, 2.24) is 4.57 Å². The molecule has 0 unspecified atom stereocenters. The summed E-state index contributed by atoms with van der Waals surface area (Å²) in [5.74, 6) is 0.364. The smallest absolute Gasteiger partial charge is 0.271 e.